The van der Waals surface area contributed by atoms with Crippen LogP contribution in [0.4, 0.5) is 0 Å². The number of carbonyl (C=O) groups is 1. The van der Waals surface area contributed by atoms with Crippen LogP contribution in [0.3, 0.4) is 0 Å². The summed E-state index contributed by atoms with van der Waals surface area (Å²) >= 11 is 3.31. The lowest BCUT2D eigenvalue weighted by atomic mass is 10.0. The number of hydrogen-bond acceptors (Lipinski definition) is 3. The SMILES string of the molecule is COC(=O)C1CCc2nc(Br)ccc21. The standard InChI is InChI=1S/C10H10BrNO2/c1-14-10(13)7-2-4-8-6(7)3-5-9(11)12-8/h3,5,7H,2,4H2,1H3. The molecule has 0 aromatic carbocycles. The van der Waals surface area contributed by atoms with Crippen LogP contribution >= 0.6 is 15.9 Å². The highest BCUT2D eigenvalue weighted by Crippen LogP contribution is 2.33. The third-order valence-corrected chi connectivity index (χ3v) is 2.95. The van der Waals surface area contributed by atoms with Crippen molar-refractivity contribution >= 4 is 21.9 Å². The van der Waals surface area contributed by atoms with Crippen LogP contribution in [-0.2, 0) is 16.0 Å². The Bertz CT molecular complexity index is 378. The van der Waals surface area contributed by atoms with E-state index in [4.69, 9.17) is 4.74 Å². The summed E-state index contributed by atoms with van der Waals surface area (Å²) in [6.07, 6.45) is 1.67. The Morgan fingerprint density at radius 3 is 3.14 bits per heavy atom. The number of aromatic nitrogens is 1. The molecule has 0 saturated heterocycles. The van der Waals surface area contributed by atoms with Gasteiger partial charge in [-0.15, -0.1) is 0 Å². The molecular weight excluding hydrogens is 246 g/mol. The Hall–Kier alpha value is -0.900. The Labute approximate surface area is 90.6 Å². The number of ether oxygens (including phenoxy) is 1. The first-order chi connectivity index (χ1) is 6.72. The molecule has 0 bridgehead atoms. The summed E-state index contributed by atoms with van der Waals surface area (Å²) in [5, 5.41) is 0. The summed E-state index contributed by atoms with van der Waals surface area (Å²) in [5.74, 6) is -0.275. The normalized spacial score (nSPS) is 19.1. The average Bonchev–Trinajstić information content (AvgIpc) is 2.59. The van der Waals surface area contributed by atoms with Gasteiger partial charge in [0.2, 0.25) is 0 Å². The molecule has 0 amide bonds. The number of aryl methyl sites for hydroxylation is 1. The average molecular weight is 256 g/mol. The van der Waals surface area contributed by atoms with Crippen molar-refractivity contribution in [3.8, 4) is 0 Å². The Kier molecular flexibility index (Phi) is 2.54. The van der Waals surface area contributed by atoms with Gasteiger partial charge in [-0.2, -0.15) is 0 Å². The van der Waals surface area contributed by atoms with E-state index in [2.05, 4.69) is 20.9 Å². The minimum absolute atomic E-state index is 0.115. The molecule has 1 unspecified atom stereocenters. The summed E-state index contributed by atoms with van der Waals surface area (Å²) in [7, 11) is 1.42. The number of hydrogen-bond donors (Lipinski definition) is 0. The summed E-state index contributed by atoms with van der Waals surface area (Å²) in [4.78, 5) is 15.7. The first-order valence-electron chi connectivity index (χ1n) is 4.45. The highest BCUT2D eigenvalue weighted by molar-refractivity contribution is 9.10. The van der Waals surface area contributed by atoms with Gasteiger partial charge in [-0.05, 0) is 40.4 Å². The van der Waals surface area contributed by atoms with Crippen molar-refractivity contribution in [1.82, 2.24) is 4.98 Å². The van der Waals surface area contributed by atoms with E-state index in [0.29, 0.717) is 0 Å². The summed E-state index contributed by atoms with van der Waals surface area (Å²) in [5.41, 5.74) is 2.02. The molecule has 0 radical (unpaired) electrons. The number of carbonyl (C=O) groups excluding carboxylic acids is 1. The molecule has 1 aromatic rings. The van der Waals surface area contributed by atoms with Crippen LogP contribution < -0.4 is 0 Å². The van der Waals surface area contributed by atoms with Gasteiger partial charge < -0.3 is 4.74 Å². The zero-order chi connectivity index (χ0) is 10.1. The Morgan fingerprint density at radius 1 is 1.64 bits per heavy atom. The molecule has 1 heterocycles. The quantitative estimate of drug-likeness (QED) is 0.570. The van der Waals surface area contributed by atoms with Crippen LogP contribution in [0, 0.1) is 0 Å². The fourth-order valence-electron chi connectivity index (χ4n) is 1.83. The van der Waals surface area contributed by atoms with Gasteiger partial charge in [0.05, 0.1) is 13.0 Å². The second-order valence-electron chi connectivity index (χ2n) is 3.28. The van der Waals surface area contributed by atoms with E-state index >= 15 is 0 Å². The van der Waals surface area contributed by atoms with Crippen molar-refractivity contribution in [1.29, 1.82) is 0 Å². The number of esters is 1. The van der Waals surface area contributed by atoms with Crippen LogP contribution in [0.25, 0.3) is 0 Å². The second kappa shape index (κ2) is 3.69. The molecule has 4 heteroatoms. The topological polar surface area (TPSA) is 39.2 Å². The van der Waals surface area contributed by atoms with Gasteiger partial charge in [0.15, 0.2) is 0 Å². The molecule has 0 N–H and O–H groups in total. The molecule has 0 spiro atoms. The third kappa shape index (κ3) is 1.54. The summed E-state index contributed by atoms with van der Waals surface area (Å²) < 4.78 is 5.56. The van der Waals surface area contributed by atoms with Crippen LogP contribution in [-0.4, -0.2) is 18.1 Å². The molecule has 1 aliphatic rings. The van der Waals surface area contributed by atoms with Gasteiger partial charge in [-0.1, -0.05) is 6.07 Å². The predicted molar refractivity (Wildman–Crippen MR) is 55.0 cm³/mol. The Morgan fingerprint density at radius 2 is 2.43 bits per heavy atom. The molecule has 1 atom stereocenters. The molecule has 1 aliphatic carbocycles. The smallest absolute Gasteiger partial charge is 0.313 e. The van der Waals surface area contributed by atoms with E-state index in [9.17, 15) is 4.79 Å². The van der Waals surface area contributed by atoms with Gasteiger partial charge >= 0.3 is 5.97 Å². The number of methoxy groups -OCH3 is 1. The summed E-state index contributed by atoms with van der Waals surface area (Å²) in [6.45, 7) is 0. The number of halogens is 1. The zero-order valence-corrected chi connectivity index (χ0v) is 9.37. The van der Waals surface area contributed by atoms with Crippen molar-refractivity contribution in [3.63, 3.8) is 0 Å². The van der Waals surface area contributed by atoms with E-state index in [-0.39, 0.29) is 11.9 Å². The molecule has 0 fully saturated rings. The van der Waals surface area contributed by atoms with Gasteiger partial charge in [-0.3, -0.25) is 4.79 Å². The van der Waals surface area contributed by atoms with Crippen molar-refractivity contribution in [2.24, 2.45) is 0 Å². The lowest BCUT2D eigenvalue weighted by molar-refractivity contribution is -0.142. The number of nitrogens with zero attached hydrogens (tertiary/aromatic N) is 1. The second-order valence-corrected chi connectivity index (χ2v) is 4.10. The lowest BCUT2D eigenvalue weighted by Gasteiger charge is -2.07. The fourth-order valence-corrected chi connectivity index (χ4v) is 2.17. The molecular formula is C10H10BrNO2. The zero-order valence-electron chi connectivity index (χ0n) is 7.79. The minimum atomic E-state index is -0.159. The third-order valence-electron chi connectivity index (χ3n) is 2.51. The first kappa shape index (κ1) is 9.65. The predicted octanol–water partition coefficient (Wildman–Crippen LogP) is 2.05. The largest absolute Gasteiger partial charge is 0.469 e. The molecule has 1 aromatic heterocycles. The maximum atomic E-state index is 11.4. The van der Waals surface area contributed by atoms with E-state index in [1.165, 1.54) is 7.11 Å². The van der Waals surface area contributed by atoms with Crippen LogP contribution in [0.15, 0.2) is 16.7 Å². The van der Waals surface area contributed by atoms with Gasteiger partial charge in [0.1, 0.15) is 4.60 Å². The van der Waals surface area contributed by atoms with Crippen molar-refractivity contribution < 1.29 is 9.53 Å². The number of pyridine rings is 1. The van der Waals surface area contributed by atoms with Gasteiger partial charge in [-0.25, -0.2) is 4.98 Å². The monoisotopic (exact) mass is 255 g/mol. The van der Waals surface area contributed by atoms with Crippen LogP contribution in [0.1, 0.15) is 23.6 Å². The maximum Gasteiger partial charge on any atom is 0.313 e. The first-order valence-corrected chi connectivity index (χ1v) is 5.25. The summed E-state index contributed by atoms with van der Waals surface area (Å²) in [6, 6.07) is 3.81. The molecule has 0 saturated carbocycles. The number of fused-ring (bicyclic) bond motifs is 1. The van der Waals surface area contributed by atoms with Crippen molar-refractivity contribution in [3.05, 3.63) is 28.0 Å². The van der Waals surface area contributed by atoms with Crippen LogP contribution in [0.2, 0.25) is 0 Å². The van der Waals surface area contributed by atoms with E-state index in [1.807, 2.05) is 12.1 Å². The van der Waals surface area contributed by atoms with E-state index < -0.39 is 0 Å². The van der Waals surface area contributed by atoms with Crippen LogP contribution in [0.5, 0.6) is 0 Å². The fraction of sp³-hybridized carbons (Fsp3) is 0.400. The highest BCUT2D eigenvalue weighted by Gasteiger charge is 2.30. The molecule has 2 rings (SSSR count). The molecule has 14 heavy (non-hydrogen) atoms. The highest BCUT2D eigenvalue weighted by atomic mass is 79.9. The van der Waals surface area contributed by atoms with E-state index in [0.717, 1.165) is 28.7 Å². The minimum Gasteiger partial charge on any atom is -0.469 e. The molecule has 74 valence electrons. The van der Waals surface area contributed by atoms with Gasteiger partial charge in [0, 0.05) is 5.69 Å². The molecule has 3 nitrogen and oxygen atoms in total. The maximum absolute atomic E-state index is 11.4. The lowest BCUT2D eigenvalue weighted by Crippen LogP contribution is -2.11. The molecule has 0 aliphatic heterocycles. The van der Waals surface area contributed by atoms with Crippen molar-refractivity contribution in [2.75, 3.05) is 7.11 Å². The van der Waals surface area contributed by atoms with E-state index in [1.54, 1.807) is 0 Å². The Balaban J connectivity index is 2.35. The van der Waals surface area contributed by atoms with Gasteiger partial charge in [0.25, 0.3) is 0 Å². The number of rotatable bonds is 1. The van der Waals surface area contributed by atoms with Crippen molar-refractivity contribution in [2.45, 2.75) is 18.8 Å².